The average Bonchev–Trinajstić information content (AvgIpc) is 2.70. The molecule has 0 aliphatic rings. The van der Waals surface area contributed by atoms with E-state index in [1.165, 1.54) is 11.8 Å². The Kier molecular flexibility index (Phi) is 10.7. The molecule has 1 unspecified atom stereocenters. The van der Waals surface area contributed by atoms with Gasteiger partial charge in [-0.2, -0.15) is 0 Å². The van der Waals surface area contributed by atoms with Gasteiger partial charge < -0.3 is 10.2 Å². The van der Waals surface area contributed by atoms with Crippen molar-refractivity contribution in [1.82, 2.24) is 10.2 Å². The molecule has 0 spiro atoms. The second kappa shape index (κ2) is 12.7. The molecule has 1 atom stereocenters. The van der Waals surface area contributed by atoms with Gasteiger partial charge in [0.1, 0.15) is 6.04 Å². The Morgan fingerprint density at radius 1 is 1.10 bits per heavy atom. The quantitative estimate of drug-likeness (QED) is 0.380. The van der Waals surface area contributed by atoms with Crippen LogP contribution >= 0.6 is 50.9 Å². The lowest BCUT2D eigenvalue weighted by atomic mass is 10.1. The SMILES string of the molecule is CCC(C(=O)NC(C)C)N(Cc1c(Cl)cccc1Cl)C(=O)CSCc1ccc(Br)cc1. The number of halogens is 3. The van der Waals surface area contributed by atoms with E-state index in [4.69, 9.17) is 23.2 Å². The summed E-state index contributed by atoms with van der Waals surface area (Å²) < 4.78 is 1.02. The van der Waals surface area contributed by atoms with Gasteiger partial charge in [0.15, 0.2) is 0 Å². The first-order valence-corrected chi connectivity index (χ1v) is 12.8. The zero-order chi connectivity index (χ0) is 23.0. The van der Waals surface area contributed by atoms with E-state index in [1.54, 1.807) is 23.1 Å². The molecule has 0 saturated heterocycles. The molecule has 2 aromatic rings. The third kappa shape index (κ3) is 8.01. The number of nitrogens with one attached hydrogen (secondary N) is 1. The van der Waals surface area contributed by atoms with E-state index in [0.717, 1.165) is 10.0 Å². The highest BCUT2D eigenvalue weighted by Gasteiger charge is 2.29. The van der Waals surface area contributed by atoms with Gasteiger partial charge in [-0.05, 0) is 50.1 Å². The summed E-state index contributed by atoms with van der Waals surface area (Å²) in [7, 11) is 0. The molecule has 0 bridgehead atoms. The monoisotopic (exact) mass is 544 g/mol. The Labute approximate surface area is 207 Å². The largest absolute Gasteiger partial charge is 0.352 e. The van der Waals surface area contributed by atoms with Crippen LogP contribution in [-0.2, 0) is 21.9 Å². The van der Waals surface area contributed by atoms with Crippen LogP contribution in [0.4, 0.5) is 0 Å². The standard InChI is InChI=1S/C23H27BrCl2N2O2S/c1-4-21(23(30)27-15(2)3)28(12-18-19(25)6-5-7-20(18)26)22(29)14-31-13-16-8-10-17(24)11-9-16/h5-11,15,21H,4,12-14H2,1-3H3,(H,27,30). The number of hydrogen-bond donors (Lipinski definition) is 1. The highest BCUT2D eigenvalue weighted by atomic mass is 79.9. The number of rotatable bonds is 10. The summed E-state index contributed by atoms with van der Waals surface area (Å²) >= 11 is 17.7. The molecule has 2 rings (SSSR count). The van der Waals surface area contributed by atoms with Gasteiger partial charge in [-0.3, -0.25) is 9.59 Å². The lowest BCUT2D eigenvalue weighted by molar-refractivity contribution is -0.139. The zero-order valence-corrected chi connectivity index (χ0v) is 21.7. The highest BCUT2D eigenvalue weighted by Crippen LogP contribution is 2.27. The molecule has 0 fully saturated rings. The molecule has 8 heteroatoms. The van der Waals surface area contributed by atoms with Gasteiger partial charge in [0.2, 0.25) is 11.8 Å². The summed E-state index contributed by atoms with van der Waals surface area (Å²) in [6, 6.07) is 12.6. The fourth-order valence-corrected chi connectivity index (χ4v) is 4.73. The zero-order valence-electron chi connectivity index (χ0n) is 17.8. The molecule has 0 aromatic heterocycles. The van der Waals surface area contributed by atoms with Crippen LogP contribution in [-0.4, -0.2) is 34.6 Å². The number of thioether (sulfide) groups is 1. The van der Waals surface area contributed by atoms with Crippen molar-refractivity contribution in [3.63, 3.8) is 0 Å². The van der Waals surface area contributed by atoms with Crippen LogP contribution < -0.4 is 5.32 Å². The van der Waals surface area contributed by atoms with Crippen molar-refractivity contribution in [2.45, 2.75) is 51.6 Å². The third-order valence-electron chi connectivity index (χ3n) is 4.61. The molecule has 0 heterocycles. The van der Waals surface area contributed by atoms with Crippen molar-refractivity contribution in [2.75, 3.05) is 5.75 Å². The Balaban J connectivity index is 2.19. The van der Waals surface area contributed by atoms with Crippen LogP contribution in [0, 0.1) is 0 Å². The molecule has 0 aliphatic heterocycles. The smallest absolute Gasteiger partial charge is 0.243 e. The summed E-state index contributed by atoms with van der Waals surface area (Å²) in [6.07, 6.45) is 0.490. The van der Waals surface area contributed by atoms with Crippen LogP contribution in [0.15, 0.2) is 46.9 Å². The first kappa shape index (κ1) is 26.0. The number of amides is 2. The lowest BCUT2D eigenvalue weighted by Gasteiger charge is -2.31. The first-order valence-electron chi connectivity index (χ1n) is 10.1. The summed E-state index contributed by atoms with van der Waals surface area (Å²) in [6.45, 7) is 5.87. The van der Waals surface area contributed by atoms with Gasteiger partial charge in [0, 0.05) is 38.4 Å². The minimum Gasteiger partial charge on any atom is -0.352 e. The summed E-state index contributed by atoms with van der Waals surface area (Å²) in [5.74, 6) is 0.661. The number of nitrogens with zero attached hydrogens (tertiary/aromatic N) is 1. The van der Waals surface area contributed by atoms with Gasteiger partial charge in [-0.1, -0.05) is 64.3 Å². The average molecular weight is 546 g/mol. The van der Waals surface area contributed by atoms with Crippen LogP contribution in [0.2, 0.25) is 10.0 Å². The van der Waals surface area contributed by atoms with Crippen molar-refractivity contribution in [3.05, 3.63) is 68.1 Å². The molecule has 0 saturated carbocycles. The number of carbonyl (C=O) groups excluding carboxylic acids is 2. The number of benzene rings is 2. The van der Waals surface area contributed by atoms with Crippen LogP contribution in [0.5, 0.6) is 0 Å². The van der Waals surface area contributed by atoms with Crippen LogP contribution in [0.25, 0.3) is 0 Å². The van der Waals surface area contributed by atoms with Crippen LogP contribution in [0.1, 0.15) is 38.3 Å². The van der Waals surface area contributed by atoms with E-state index < -0.39 is 6.04 Å². The van der Waals surface area contributed by atoms with Gasteiger partial charge in [0.25, 0.3) is 0 Å². The third-order valence-corrected chi connectivity index (χ3v) is 6.84. The topological polar surface area (TPSA) is 49.4 Å². The summed E-state index contributed by atoms with van der Waals surface area (Å²) in [5.41, 5.74) is 1.78. The van der Waals surface area contributed by atoms with Crippen LogP contribution in [0.3, 0.4) is 0 Å². The molecule has 4 nitrogen and oxygen atoms in total. The molecule has 1 N–H and O–H groups in total. The van der Waals surface area contributed by atoms with E-state index in [-0.39, 0.29) is 30.2 Å². The van der Waals surface area contributed by atoms with Gasteiger partial charge >= 0.3 is 0 Å². The van der Waals surface area contributed by atoms with Crippen molar-refractivity contribution in [1.29, 1.82) is 0 Å². The summed E-state index contributed by atoms with van der Waals surface area (Å²) in [4.78, 5) is 27.7. The normalized spacial score (nSPS) is 12.0. The van der Waals surface area contributed by atoms with E-state index in [0.29, 0.717) is 27.8 Å². The lowest BCUT2D eigenvalue weighted by Crippen LogP contribution is -2.51. The second-order valence-electron chi connectivity index (χ2n) is 7.43. The maximum Gasteiger partial charge on any atom is 0.243 e. The van der Waals surface area contributed by atoms with E-state index in [1.807, 2.05) is 45.0 Å². The molecule has 2 amide bonds. The van der Waals surface area contributed by atoms with Crippen molar-refractivity contribution < 1.29 is 9.59 Å². The molecule has 0 radical (unpaired) electrons. The molecule has 168 valence electrons. The Hall–Kier alpha value is -1.21. The molecular weight excluding hydrogens is 519 g/mol. The maximum atomic E-state index is 13.2. The maximum absolute atomic E-state index is 13.2. The molecule has 31 heavy (non-hydrogen) atoms. The van der Waals surface area contributed by atoms with Gasteiger partial charge in [0.05, 0.1) is 5.75 Å². The Morgan fingerprint density at radius 3 is 2.26 bits per heavy atom. The number of hydrogen-bond acceptors (Lipinski definition) is 3. The summed E-state index contributed by atoms with van der Waals surface area (Å²) in [5, 5.41) is 3.88. The Morgan fingerprint density at radius 2 is 1.71 bits per heavy atom. The van der Waals surface area contributed by atoms with Crippen molar-refractivity contribution in [3.8, 4) is 0 Å². The highest BCUT2D eigenvalue weighted by molar-refractivity contribution is 9.10. The van der Waals surface area contributed by atoms with E-state index >= 15 is 0 Å². The second-order valence-corrected chi connectivity index (χ2v) is 10.1. The fraction of sp³-hybridized carbons (Fsp3) is 0.391. The molecule has 2 aromatic carbocycles. The molecule has 0 aliphatic carbocycles. The van der Waals surface area contributed by atoms with E-state index in [2.05, 4.69) is 21.2 Å². The number of carbonyl (C=O) groups is 2. The fourth-order valence-electron chi connectivity index (χ4n) is 3.07. The predicted molar refractivity (Wildman–Crippen MR) is 135 cm³/mol. The molecular formula is C23H27BrCl2N2O2S. The minimum absolute atomic E-state index is 0.0193. The van der Waals surface area contributed by atoms with Gasteiger partial charge in [-0.25, -0.2) is 0 Å². The first-order chi connectivity index (χ1) is 14.7. The van der Waals surface area contributed by atoms with Gasteiger partial charge in [-0.15, -0.1) is 11.8 Å². The minimum atomic E-state index is -0.601. The van der Waals surface area contributed by atoms with Crippen molar-refractivity contribution in [2.24, 2.45) is 0 Å². The predicted octanol–water partition coefficient (Wildman–Crippen LogP) is 6.32. The Bertz CT molecular complexity index is 873. The van der Waals surface area contributed by atoms with E-state index in [9.17, 15) is 9.59 Å². The van der Waals surface area contributed by atoms with Crippen molar-refractivity contribution >= 4 is 62.7 Å².